The van der Waals surface area contributed by atoms with Gasteiger partial charge >= 0.3 is 5.97 Å². The first-order valence-corrected chi connectivity index (χ1v) is 8.47. The van der Waals surface area contributed by atoms with Gasteiger partial charge in [-0.05, 0) is 55.9 Å². The highest BCUT2D eigenvalue weighted by molar-refractivity contribution is 7.98. The monoisotopic (exact) mass is 325 g/mol. The number of nitrogens with one attached hydrogen (secondary N) is 1. The average Bonchev–Trinajstić information content (AvgIpc) is 2.47. The third kappa shape index (κ3) is 5.26. The first-order chi connectivity index (χ1) is 10.4. The van der Waals surface area contributed by atoms with E-state index in [1.807, 2.05) is 39.2 Å². The van der Waals surface area contributed by atoms with E-state index in [1.54, 1.807) is 11.8 Å². The lowest BCUT2D eigenvalue weighted by Gasteiger charge is -2.16. The fraction of sp³-hybridized carbons (Fsp3) is 0.500. The number of aliphatic carboxylic acids is 1. The molecule has 0 aromatic heterocycles. The maximum atomic E-state index is 11.9. The molecular weight excluding hydrogens is 302 g/mol. The summed E-state index contributed by atoms with van der Waals surface area (Å²) >= 11 is 1.54. The van der Waals surface area contributed by atoms with Gasteiger partial charge in [0.25, 0.3) is 5.91 Å². The topological polar surface area (TPSA) is 75.6 Å². The number of carbonyl (C=O) groups is 2. The maximum absolute atomic E-state index is 11.9. The van der Waals surface area contributed by atoms with Crippen LogP contribution in [-0.4, -0.2) is 41.6 Å². The first kappa shape index (κ1) is 18.4. The minimum absolute atomic E-state index is 0.186. The van der Waals surface area contributed by atoms with E-state index in [-0.39, 0.29) is 6.61 Å². The molecule has 5 nitrogen and oxygen atoms in total. The molecule has 0 saturated heterocycles. The van der Waals surface area contributed by atoms with Crippen LogP contribution in [0.1, 0.15) is 23.1 Å². The van der Waals surface area contributed by atoms with Crippen molar-refractivity contribution in [3.8, 4) is 5.75 Å². The Hall–Kier alpha value is -1.69. The van der Waals surface area contributed by atoms with Crippen LogP contribution in [0.2, 0.25) is 0 Å². The molecule has 0 fully saturated rings. The zero-order chi connectivity index (χ0) is 16.7. The van der Waals surface area contributed by atoms with Gasteiger partial charge in [0.15, 0.2) is 6.61 Å². The third-order valence-corrected chi connectivity index (χ3v) is 4.11. The molecule has 6 heteroatoms. The van der Waals surface area contributed by atoms with Crippen molar-refractivity contribution in [2.45, 2.75) is 33.2 Å². The molecule has 0 heterocycles. The van der Waals surface area contributed by atoms with Crippen LogP contribution >= 0.6 is 11.8 Å². The fourth-order valence-corrected chi connectivity index (χ4v) is 2.49. The number of thioether (sulfide) groups is 1. The highest BCUT2D eigenvalue weighted by atomic mass is 32.2. The number of hydrogen-bond acceptors (Lipinski definition) is 4. The number of carboxylic acids is 1. The molecule has 0 spiro atoms. The number of rotatable bonds is 8. The summed E-state index contributed by atoms with van der Waals surface area (Å²) in [6.07, 6.45) is 2.29. The number of aryl methyl sites for hydroxylation is 2. The Kier molecular flexibility index (Phi) is 7.24. The standard InChI is InChI=1S/C16H23NO4S/c1-10-5-6-11(2)15(12(10)3)21-9-14(18)17-13(16(19)20)7-8-22-4/h5-6,13H,7-9H2,1-4H3,(H,17,18)(H,19,20)/t13-/m1/s1. The first-order valence-electron chi connectivity index (χ1n) is 7.07. The van der Waals surface area contributed by atoms with Gasteiger partial charge in [-0.1, -0.05) is 12.1 Å². The summed E-state index contributed by atoms with van der Waals surface area (Å²) in [5.74, 6) is -0.0842. The molecule has 122 valence electrons. The van der Waals surface area contributed by atoms with E-state index in [9.17, 15) is 9.59 Å². The quantitative estimate of drug-likeness (QED) is 0.767. The molecular formula is C16H23NO4S. The van der Waals surface area contributed by atoms with Crippen molar-refractivity contribution in [3.63, 3.8) is 0 Å². The van der Waals surface area contributed by atoms with E-state index in [0.29, 0.717) is 17.9 Å². The van der Waals surface area contributed by atoms with Gasteiger partial charge in [-0.2, -0.15) is 11.8 Å². The molecule has 2 N–H and O–H groups in total. The van der Waals surface area contributed by atoms with E-state index in [4.69, 9.17) is 9.84 Å². The predicted octanol–water partition coefficient (Wildman–Crippen LogP) is 2.31. The Morgan fingerprint density at radius 3 is 2.50 bits per heavy atom. The second kappa shape index (κ2) is 8.68. The van der Waals surface area contributed by atoms with Crippen LogP contribution in [0, 0.1) is 20.8 Å². The lowest BCUT2D eigenvalue weighted by molar-refractivity contribution is -0.142. The number of amides is 1. The summed E-state index contributed by atoms with van der Waals surface area (Å²) in [5, 5.41) is 11.6. The molecule has 1 atom stereocenters. The molecule has 0 saturated carbocycles. The van der Waals surface area contributed by atoms with Gasteiger partial charge in [0, 0.05) is 0 Å². The largest absolute Gasteiger partial charge is 0.483 e. The SMILES string of the molecule is CSCC[C@@H](NC(=O)COc1c(C)ccc(C)c1C)C(=O)O. The van der Waals surface area contributed by atoms with Crippen LogP contribution in [0.4, 0.5) is 0 Å². The maximum Gasteiger partial charge on any atom is 0.326 e. The summed E-state index contributed by atoms with van der Waals surface area (Å²) in [6.45, 7) is 5.64. The Bertz CT molecular complexity index is 545. The second-order valence-corrected chi connectivity index (χ2v) is 6.17. The van der Waals surface area contributed by atoms with Crippen LogP contribution in [0.25, 0.3) is 0 Å². The van der Waals surface area contributed by atoms with Crippen LogP contribution in [0.5, 0.6) is 5.75 Å². The summed E-state index contributed by atoms with van der Waals surface area (Å²) in [5.41, 5.74) is 3.03. The number of ether oxygens (including phenoxy) is 1. The second-order valence-electron chi connectivity index (χ2n) is 5.18. The minimum atomic E-state index is -1.02. The lowest BCUT2D eigenvalue weighted by atomic mass is 10.1. The Balaban J connectivity index is 2.62. The molecule has 1 rings (SSSR count). The number of benzene rings is 1. The lowest BCUT2D eigenvalue weighted by Crippen LogP contribution is -2.43. The Labute approximate surface area is 135 Å². The Morgan fingerprint density at radius 2 is 1.91 bits per heavy atom. The van der Waals surface area contributed by atoms with Crippen LogP contribution in [0.3, 0.4) is 0 Å². The van der Waals surface area contributed by atoms with Gasteiger partial charge in [0.2, 0.25) is 0 Å². The normalized spacial score (nSPS) is 11.8. The minimum Gasteiger partial charge on any atom is -0.483 e. The molecule has 0 unspecified atom stereocenters. The molecule has 0 bridgehead atoms. The van der Waals surface area contributed by atoms with E-state index in [1.165, 1.54) is 0 Å². The van der Waals surface area contributed by atoms with Crippen LogP contribution in [0.15, 0.2) is 12.1 Å². The van der Waals surface area contributed by atoms with Crippen molar-refractivity contribution < 1.29 is 19.4 Å². The Morgan fingerprint density at radius 1 is 1.27 bits per heavy atom. The number of carbonyl (C=O) groups excluding carboxylic acids is 1. The molecule has 1 aromatic rings. The van der Waals surface area contributed by atoms with E-state index in [0.717, 1.165) is 16.7 Å². The molecule has 1 amide bonds. The van der Waals surface area contributed by atoms with Crippen LogP contribution in [-0.2, 0) is 9.59 Å². The van der Waals surface area contributed by atoms with Crippen molar-refractivity contribution in [1.29, 1.82) is 0 Å². The number of hydrogen-bond donors (Lipinski definition) is 2. The van der Waals surface area contributed by atoms with Crippen molar-refractivity contribution in [3.05, 3.63) is 28.8 Å². The van der Waals surface area contributed by atoms with Crippen molar-refractivity contribution in [2.24, 2.45) is 0 Å². The molecule has 0 aliphatic carbocycles. The summed E-state index contributed by atoms with van der Waals surface area (Å²) in [4.78, 5) is 23.0. The zero-order valence-electron chi connectivity index (χ0n) is 13.4. The van der Waals surface area contributed by atoms with Gasteiger partial charge in [-0.15, -0.1) is 0 Å². The van der Waals surface area contributed by atoms with Crippen molar-refractivity contribution >= 4 is 23.6 Å². The van der Waals surface area contributed by atoms with Gasteiger partial charge < -0.3 is 15.2 Å². The summed E-state index contributed by atoms with van der Waals surface area (Å²) < 4.78 is 5.59. The van der Waals surface area contributed by atoms with E-state index >= 15 is 0 Å². The van der Waals surface area contributed by atoms with Crippen molar-refractivity contribution in [2.75, 3.05) is 18.6 Å². The molecule has 1 aromatic carbocycles. The fourth-order valence-electron chi connectivity index (χ4n) is 2.01. The summed E-state index contributed by atoms with van der Waals surface area (Å²) in [6, 6.07) is 3.07. The van der Waals surface area contributed by atoms with E-state index in [2.05, 4.69) is 5.32 Å². The average molecular weight is 325 g/mol. The highest BCUT2D eigenvalue weighted by Gasteiger charge is 2.19. The van der Waals surface area contributed by atoms with Gasteiger partial charge in [0.1, 0.15) is 11.8 Å². The highest BCUT2D eigenvalue weighted by Crippen LogP contribution is 2.25. The smallest absolute Gasteiger partial charge is 0.326 e. The van der Waals surface area contributed by atoms with Gasteiger partial charge in [-0.25, -0.2) is 4.79 Å². The van der Waals surface area contributed by atoms with Gasteiger partial charge in [-0.3, -0.25) is 4.79 Å². The molecule has 0 aliphatic heterocycles. The summed E-state index contributed by atoms with van der Waals surface area (Å²) in [7, 11) is 0. The van der Waals surface area contributed by atoms with E-state index < -0.39 is 17.9 Å². The predicted molar refractivity (Wildman–Crippen MR) is 88.7 cm³/mol. The zero-order valence-corrected chi connectivity index (χ0v) is 14.3. The molecule has 22 heavy (non-hydrogen) atoms. The third-order valence-electron chi connectivity index (χ3n) is 3.47. The molecule has 0 radical (unpaired) electrons. The number of carboxylic acid groups (broad SMARTS) is 1. The van der Waals surface area contributed by atoms with Crippen LogP contribution < -0.4 is 10.1 Å². The van der Waals surface area contributed by atoms with Crippen molar-refractivity contribution in [1.82, 2.24) is 5.32 Å². The molecule has 0 aliphatic rings. The van der Waals surface area contributed by atoms with Gasteiger partial charge in [0.05, 0.1) is 0 Å².